The van der Waals surface area contributed by atoms with E-state index in [0.29, 0.717) is 0 Å². The molecule has 0 aromatic carbocycles. The van der Waals surface area contributed by atoms with Crippen LogP contribution in [0.1, 0.15) is 6.42 Å². The van der Waals surface area contributed by atoms with Crippen LogP contribution in [0.25, 0.3) is 0 Å². The van der Waals surface area contributed by atoms with E-state index in [1.54, 1.807) is 0 Å². The highest BCUT2D eigenvalue weighted by Crippen LogP contribution is 2.09. The molecule has 2 nitrogen and oxygen atoms in total. The van der Waals surface area contributed by atoms with E-state index in [2.05, 4.69) is 24.5 Å². The smallest absolute Gasteiger partial charge is 0.0765 e. The SMILES string of the molecule is [CH2]CCN1CCOCC1S. The molecule has 0 aromatic heterocycles. The third-order valence-electron chi connectivity index (χ3n) is 1.66. The van der Waals surface area contributed by atoms with Crippen LogP contribution in [0.2, 0.25) is 0 Å². The monoisotopic (exact) mass is 160 g/mol. The summed E-state index contributed by atoms with van der Waals surface area (Å²) in [5.74, 6) is 0. The fourth-order valence-corrected chi connectivity index (χ4v) is 1.43. The Morgan fingerprint density at radius 1 is 1.70 bits per heavy atom. The molecule has 0 bridgehead atoms. The lowest BCUT2D eigenvalue weighted by Crippen LogP contribution is -2.42. The molecule has 0 spiro atoms. The van der Waals surface area contributed by atoms with Crippen molar-refractivity contribution in [3.63, 3.8) is 0 Å². The Balaban J connectivity index is 2.25. The van der Waals surface area contributed by atoms with Crippen LogP contribution >= 0.6 is 12.6 Å². The summed E-state index contributed by atoms with van der Waals surface area (Å²) in [6.07, 6.45) is 0.955. The second kappa shape index (κ2) is 4.21. The van der Waals surface area contributed by atoms with Gasteiger partial charge in [-0.3, -0.25) is 4.90 Å². The molecule has 1 aliphatic heterocycles. The van der Waals surface area contributed by atoms with Gasteiger partial charge in [-0.05, 0) is 13.0 Å². The summed E-state index contributed by atoms with van der Waals surface area (Å²) in [6.45, 7) is 7.44. The highest BCUT2D eigenvalue weighted by atomic mass is 32.1. The summed E-state index contributed by atoms with van der Waals surface area (Å²) in [4.78, 5) is 2.29. The van der Waals surface area contributed by atoms with Crippen molar-refractivity contribution in [3.8, 4) is 0 Å². The Kier molecular flexibility index (Phi) is 3.52. The Hall–Kier alpha value is 0.270. The number of morpholine rings is 1. The summed E-state index contributed by atoms with van der Waals surface area (Å²) < 4.78 is 5.22. The molecule has 0 saturated carbocycles. The Labute approximate surface area is 68.0 Å². The van der Waals surface area contributed by atoms with Crippen molar-refractivity contribution in [2.75, 3.05) is 26.3 Å². The van der Waals surface area contributed by atoms with Gasteiger partial charge in [0, 0.05) is 6.54 Å². The summed E-state index contributed by atoms with van der Waals surface area (Å²) >= 11 is 4.36. The maximum absolute atomic E-state index is 5.22. The third-order valence-corrected chi connectivity index (χ3v) is 2.13. The zero-order valence-corrected chi connectivity index (χ0v) is 7.02. The van der Waals surface area contributed by atoms with Gasteiger partial charge in [-0.2, -0.15) is 12.6 Å². The molecular formula is C7H14NOS. The normalized spacial score (nSPS) is 28.8. The van der Waals surface area contributed by atoms with E-state index in [-0.39, 0.29) is 5.37 Å². The number of rotatable bonds is 2. The average molecular weight is 160 g/mol. The van der Waals surface area contributed by atoms with Crippen LogP contribution in [0, 0.1) is 6.92 Å². The second-order valence-corrected chi connectivity index (χ2v) is 3.04. The van der Waals surface area contributed by atoms with E-state index < -0.39 is 0 Å². The van der Waals surface area contributed by atoms with Crippen LogP contribution in [0.4, 0.5) is 0 Å². The number of thiol groups is 1. The van der Waals surface area contributed by atoms with Crippen LogP contribution < -0.4 is 0 Å². The topological polar surface area (TPSA) is 12.5 Å². The predicted octanol–water partition coefficient (Wildman–Crippen LogP) is 0.799. The Morgan fingerprint density at radius 2 is 2.50 bits per heavy atom. The molecule has 1 aliphatic rings. The zero-order valence-electron chi connectivity index (χ0n) is 6.12. The van der Waals surface area contributed by atoms with Crippen LogP contribution in [-0.4, -0.2) is 36.6 Å². The Morgan fingerprint density at radius 3 is 3.10 bits per heavy atom. The molecule has 0 amide bonds. The first-order valence-electron chi connectivity index (χ1n) is 3.63. The van der Waals surface area contributed by atoms with Gasteiger partial charge in [0.05, 0.1) is 18.6 Å². The predicted molar refractivity (Wildman–Crippen MR) is 45.1 cm³/mol. The summed E-state index contributed by atoms with van der Waals surface area (Å²) in [5, 5.41) is 0.287. The quantitative estimate of drug-likeness (QED) is 0.600. The molecule has 1 heterocycles. The lowest BCUT2D eigenvalue weighted by molar-refractivity contribution is 0.0264. The van der Waals surface area contributed by atoms with Gasteiger partial charge in [0.25, 0.3) is 0 Å². The Bertz CT molecular complexity index is 97.6. The van der Waals surface area contributed by atoms with Crippen LogP contribution in [0.15, 0.2) is 0 Å². The first kappa shape index (κ1) is 8.37. The van der Waals surface area contributed by atoms with Crippen molar-refractivity contribution in [1.82, 2.24) is 4.90 Å². The fraction of sp³-hybridized carbons (Fsp3) is 0.857. The third kappa shape index (κ3) is 2.15. The molecule has 10 heavy (non-hydrogen) atoms. The van der Waals surface area contributed by atoms with Gasteiger partial charge in [0.2, 0.25) is 0 Å². The van der Waals surface area contributed by atoms with Crippen molar-refractivity contribution >= 4 is 12.6 Å². The number of hydrogen-bond donors (Lipinski definition) is 1. The van der Waals surface area contributed by atoms with Crippen LogP contribution in [-0.2, 0) is 4.74 Å². The van der Waals surface area contributed by atoms with Crippen molar-refractivity contribution in [1.29, 1.82) is 0 Å². The van der Waals surface area contributed by atoms with Gasteiger partial charge in [-0.25, -0.2) is 0 Å². The number of ether oxygens (including phenoxy) is 1. The summed E-state index contributed by atoms with van der Waals surface area (Å²) in [6, 6.07) is 0. The average Bonchev–Trinajstić information content (AvgIpc) is 1.94. The van der Waals surface area contributed by atoms with Crippen LogP contribution in [0.3, 0.4) is 0 Å². The molecule has 1 radical (unpaired) electrons. The van der Waals surface area contributed by atoms with E-state index >= 15 is 0 Å². The van der Waals surface area contributed by atoms with Gasteiger partial charge in [-0.15, -0.1) is 0 Å². The van der Waals surface area contributed by atoms with Crippen LogP contribution in [0.5, 0.6) is 0 Å². The van der Waals surface area contributed by atoms with Gasteiger partial charge in [0.1, 0.15) is 0 Å². The highest BCUT2D eigenvalue weighted by Gasteiger charge is 2.17. The number of nitrogens with zero attached hydrogens (tertiary/aromatic N) is 1. The molecule has 0 aliphatic carbocycles. The minimum absolute atomic E-state index is 0.287. The van der Waals surface area contributed by atoms with Gasteiger partial charge in [-0.1, -0.05) is 6.92 Å². The lowest BCUT2D eigenvalue weighted by atomic mass is 10.3. The summed E-state index contributed by atoms with van der Waals surface area (Å²) in [7, 11) is 0. The molecule has 0 aromatic rings. The first-order chi connectivity index (χ1) is 4.84. The van der Waals surface area contributed by atoms with Crippen molar-refractivity contribution in [2.24, 2.45) is 0 Å². The minimum Gasteiger partial charge on any atom is -0.378 e. The largest absolute Gasteiger partial charge is 0.378 e. The molecular weight excluding hydrogens is 146 g/mol. The molecule has 1 atom stereocenters. The molecule has 1 saturated heterocycles. The van der Waals surface area contributed by atoms with E-state index in [0.717, 1.165) is 32.7 Å². The molecule has 59 valence electrons. The molecule has 1 unspecified atom stereocenters. The van der Waals surface area contributed by atoms with Crippen molar-refractivity contribution < 1.29 is 4.74 Å². The van der Waals surface area contributed by atoms with E-state index in [1.807, 2.05) is 0 Å². The zero-order chi connectivity index (χ0) is 7.40. The fourth-order valence-electron chi connectivity index (χ4n) is 1.09. The van der Waals surface area contributed by atoms with E-state index in [4.69, 9.17) is 4.74 Å². The molecule has 1 rings (SSSR count). The second-order valence-electron chi connectivity index (χ2n) is 2.45. The van der Waals surface area contributed by atoms with Crippen molar-refractivity contribution in [2.45, 2.75) is 11.8 Å². The van der Waals surface area contributed by atoms with Gasteiger partial charge in [0.15, 0.2) is 0 Å². The molecule has 1 fully saturated rings. The van der Waals surface area contributed by atoms with E-state index in [1.165, 1.54) is 0 Å². The van der Waals surface area contributed by atoms with Gasteiger partial charge < -0.3 is 4.74 Å². The van der Waals surface area contributed by atoms with Gasteiger partial charge >= 0.3 is 0 Å². The lowest BCUT2D eigenvalue weighted by Gasteiger charge is -2.31. The molecule has 0 N–H and O–H groups in total. The standard InChI is InChI=1S/C7H14NOS/c1-2-3-8-4-5-9-6-7(8)10/h7,10H,1-6H2. The highest BCUT2D eigenvalue weighted by molar-refractivity contribution is 7.80. The first-order valence-corrected chi connectivity index (χ1v) is 4.15. The maximum Gasteiger partial charge on any atom is 0.0765 e. The maximum atomic E-state index is 5.22. The van der Waals surface area contributed by atoms with Crippen molar-refractivity contribution in [3.05, 3.63) is 6.92 Å². The minimum atomic E-state index is 0.287. The molecule has 3 heteroatoms. The summed E-state index contributed by atoms with van der Waals surface area (Å²) in [5.41, 5.74) is 0. The van der Waals surface area contributed by atoms with E-state index in [9.17, 15) is 0 Å². The number of hydrogen-bond acceptors (Lipinski definition) is 3.